The highest BCUT2D eigenvalue weighted by molar-refractivity contribution is 7.89. The average Bonchev–Trinajstić information content (AvgIpc) is 3.61. The van der Waals surface area contributed by atoms with Crippen molar-refractivity contribution in [1.82, 2.24) is 9.21 Å². The van der Waals surface area contributed by atoms with Crippen LogP contribution in [0.3, 0.4) is 0 Å². The standard InChI is InChI=1S/C30H33F3N2O6S/c1-3-14-35(42(36,37)26-11-9-25(10-12-26)41-30(31,32)33)16-15-34-19-23(22-6-13-28-29(18-22)40-20-39-28)17-27(34)21-4-7-24(38-2)8-5-21/h4-13,18,23,27H,3,14-17,19-20H2,1-2H3/t23-,27+/m0/s1. The maximum absolute atomic E-state index is 13.5. The molecule has 0 N–H and O–H groups in total. The normalized spacial score (nSPS) is 18.9. The summed E-state index contributed by atoms with van der Waals surface area (Å²) in [5.74, 6) is 1.90. The number of methoxy groups -OCH3 is 1. The van der Waals surface area contributed by atoms with Gasteiger partial charge < -0.3 is 18.9 Å². The summed E-state index contributed by atoms with van der Waals surface area (Å²) in [5, 5.41) is 0. The molecule has 8 nitrogen and oxygen atoms in total. The van der Waals surface area contributed by atoms with Crippen molar-refractivity contribution in [3.8, 4) is 23.0 Å². The van der Waals surface area contributed by atoms with Gasteiger partial charge >= 0.3 is 6.36 Å². The fourth-order valence-corrected chi connectivity index (χ4v) is 7.06. The van der Waals surface area contributed by atoms with E-state index >= 15 is 0 Å². The lowest BCUT2D eigenvalue weighted by Crippen LogP contribution is -2.39. The molecule has 0 bridgehead atoms. The Labute approximate surface area is 243 Å². The lowest BCUT2D eigenvalue weighted by atomic mass is 9.93. The number of hydrogen-bond acceptors (Lipinski definition) is 7. The molecule has 1 saturated heterocycles. The Balaban J connectivity index is 1.35. The summed E-state index contributed by atoms with van der Waals surface area (Å²) in [6, 6.07) is 18.2. The first-order valence-corrected chi connectivity index (χ1v) is 15.1. The van der Waals surface area contributed by atoms with Gasteiger partial charge in [0.1, 0.15) is 11.5 Å². The topological polar surface area (TPSA) is 77.5 Å². The maximum Gasteiger partial charge on any atom is 0.573 e. The van der Waals surface area contributed by atoms with E-state index in [-0.39, 0.29) is 36.7 Å². The van der Waals surface area contributed by atoms with Crippen molar-refractivity contribution in [2.24, 2.45) is 0 Å². The van der Waals surface area contributed by atoms with Gasteiger partial charge in [0.15, 0.2) is 11.5 Å². The highest BCUT2D eigenvalue weighted by Crippen LogP contribution is 2.43. The van der Waals surface area contributed by atoms with E-state index in [2.05, 4.69) is 9.64 Å². The zero-order chi connectivity index (χ0) is 29.9. The number of ether oxygens (including phenoxy) is 4. The van der Waals surface area contributed by atoms with Crippen LogP contribution < -0.4 is 18.9 Å². The van der Waals surface area contributed by atoms with E-state index in [0.717, 1.165) is 59.1 Å². The van der Waals surface area contributed by atoms with E-state index in [4.69, 9.17) is 14.2 Å². The summed E-state index contributed by atoms with van der Waals surface area (Å²) >= 11 is 0. The number of rotatable bonds is 11. The third kappa shape index (κ3) is 6.77. The molecule has 2 aliphatic rings. The first-order valence-electron chi connectivity index (χ1n) is 13.7. The van der Waals surface area contributed by atoms with Gasteiger partial charge in [-0.2, -0.15) is 4.31 Å². The minimum absolute atomic E-state index is 0.0383. The van der Waals surface area contributed by atoms with Gasteiger partial charge in [0.05, 0.1) is 12.0 Å². The molecule has 0 aliphatic carbocycles. The number of benzene rings is 3. The summed E-state index contributed by atoms with van der Waals surface area (Å²) in [7, 11) is -2.34. The second-order valence-corrected chi connectivity index (χ2v) is 12.2. The van der Waals surface area contributed by atoms with Gasteiger partial charge in [-0.15, -0.1) is 13.2 Å². The lowest BCUT2D eigenvalue weighted by Gasteiger charge is -2.29. The number of fused-ring (bicyclic) bond motifs is 1. The smallest absolute Gasteiger partial charge is 0.497 e. The van der Waals surface area contributed by atoms with Crippen LogP contribution in [-0.2, 0) is 10.0 Å². The Morgan fingerprint density at radius 3 is 2.26 bits per heavy atom. The number of sulfonamides is 1. The monoisotopic (exact) mass is 606 g/mol. The van der Waals surface area contributed by atoms with Gasteiger partial charge in [0, 0.05) is 32.2 Å². The highest BCUT2D eigenvalue weighted by Gasteiger charge is 2.36. The van der Waals surface area contributed by atoms with Gasteiger partial charge in [-0.25, -0.2) is 8.42 Å². The lowest BCUT2D eigenvalue weighted by molar-refractivity contribution is -0.274. The highest BCUT2D eigenvalue weighted by atomic mass is 32.2. The SMILES string of the molecule is CCCN(CCN1C[C@@H](c2ccc3c(c2)OCO3)C[C@@H]1c1ccc(OC)cc1)S(=O)(=O)c1ccc(OC(F)(F)F)cc1. The molecule has 0 saturated carbocycles. The molecule has 3 aromatic rings. The van der Waals surface area contributed by atoms with E-state index in [1.165, 1.54) is 4.31 Å². The molecule has 5 rings (SSSR count). The van der Waals surface area contributed by atoms with Gasteiger partial charge in [0.2, 0.25) is 16.8 Å². The van der Waals surface area contributed by atoms with Crippen LogP contribution in [0.2, 0.25) is 0 Å². The van der Waals surface area contributed by atoms with Crippen LogP contribution in [0.25, 0.3) is 0 Å². The largest absolute Gasteiger partial charge is 0.573 e. The van der Waals surface area contributed by atoms with Crippen LogP contribution in [-0.4, -0.2) is 64.1 Å². The van der Waals surface area contributed by atoms with E-state index in [0.29, 0.717) is 19.5 Å². The molecular formula is C30H33F3N2O6S. The summed E-state index contributed by atoms with van der Waals surface area (Å²) in [6.45, 7) is 3.75. The van der Waals surface area contributed by atoms with E-state index in [1.54, 1.807) is 7.11 Å². The minimum Gasteiger partial charge on any atom is -0.497 e. The number of hydrogen-bond donors (Lipinski definition) is 0. The van der Waals surface area contributed by atoms with Crippen molar-refractivity contribution in [2.75, 3.05) is 40.1 Å². The Kier molecular flexibility index (Phi) is 8.86. The fraction of sp³-hybridized carbons (Fsp3) is 0.400. The van der Waals surface area contributed by atoms with Crippen molar-refractivity contribution >= 4 is 10.0 Å². The number of alkyl halides is 3. The molecule has 0 aromatic heterocycles. The van der Waals surface area contributed by atoms with Crippen molar-refractivity contribution in [3.05, 3.63) is 77.9 Å². The minimum atomic E-state index is -4.86. The predicted octanol–water partition coefficient (Wildman–Crippen LogP) is 5.95. The van der Waals surface area contributed by atoms with Crippen LogP contribution in [0.5, 0.6) is 23.0 Å². The second-order valence-electron chi connectivity index (χ2n) is 10.3. The maximum atomic E-state index is 13.5. The van der Waals surface area contributed by atoms with Crippen LogP contribution >= 0.6 is 0 Å². The third-order valence-corrected chi connectivity index (χ3v) is 9.49. The fourth-order valence-electron chi connectivity index (χ4n) is 5.54. The first kappa shape index (κ1) is 30.0. The summed E-state index contributed by atoms with van der Waals surface area (Å²) in [6.07, 6.45) is -3.45. The Morgan fingerprint density at radius 2 is 1.60 bits per heavy atom. The van der Waals surface area contributed by atoms with E-state index in [1.807, 2.05) is 49.4 Å². The molecule has 42 heavy (non-hydrogen) atoms. The van der Waals surface area contributed by atoms with Crippen molar-refractivity contribution in [2.45, 2.75) is 43.0 Å². The molecule has 0 radical (unpaired) electrons. The third-order valence-electron chi connectivity index (χ3n) is 7.58. The molecule has 0 spiro atoms. The Bertz CT molecular complexity index is 1470. The quantitative estimate of drug-likeness (QED) is 0.267. The molecule has 2 heterocycles. The Hall–Kier alpha value is -3.48. The molecule has 2 aliphatic heterocycles. The predicted molar refractivity (Wildman–Crippen MR) is 149 cm³/mol. The molecule has 12 heteroatoms. The molecule has 3 aromatic carbocycles. The van der Waals surface area contributed by atoms with Gasteiger partial charge in [-0.3, -0.25) is 4.90 Å². The van der Waals surface area contributed by atoms with Crippen LogP contribution in [0.4, 0.5) is 13.2 Å². The van der Waals surface area contributed by atoms with Crippen LogP contribution in [0, 0.1) is 0 Å². The van der Waals surface area contributed by atoms with E-state index in [9.17, 15) is 21.6 Å². The van der Waals surface area contributed by atoms with E-state index < -0.39 is 22.1 Å². The molecule has 0 amide bonds. The van der Waals surface area contributed by atoms with Crippen LogP contribution in [0.1, 0.15) is 42.9 Å². The van der Waals surface area contributed by atoms with Crippen LogP contribution in [0.15, 0.2) is 71.6 Å². The zero-order valence-corrected chi connectivity index (χ0v) is 24.2. The van der Waals surface area contributed by atoms with Gasteiger partial charge in [-0.1, -0.05) is 25.1 Å². The number of likely N-dealkylation sites (tertiary alicyclic amines) is 1. The number of halogens is 3. The average molecular weight is 607 g/mol. The molecular weight excluding hydrogens is 573 g/mol. The molecule has 2 atom stereocenters. The van der Waals surface area contributed by atoms with Crippen molar-refractivity contribution in [1.29, 1.82) is 0 Å². The summed E-state index contributed by atoms with van der Waals surface area (Å²) in [4.78, 5) is 2.20. The Morgan fingerprint density at radius 1 is 0.929 bits per heavy atom. The van der Waals surface area contributed by atoms with Gasteiger partial charge in [-0.05, 0) is 78.4 Å². The second kappa shape index (κ2) is 12.4. The zero-order valence-electron chi connectivity index (χ0n) is 23.3. The molecule has 226 valence electrons. The van der Waals surface area contributed by atoms with Gasteiger partial charge in [0.25, 0.3) is 0 Å². The molecule has 1 fully saturated rings. The number of nitrogens with zero attached hydrogens (tertiary/aromatic N) is 2. The summed E-state index contributed by atoms with van der Waals surface area (Å²) < 4.78 is 86.5. The summed E-state index contributed by atoms with van der Waals surface area (Å²) in [5.41, 5.74) is 2.23. The first-order chi connectivity index (χ1) is 20.1. The van der Waals surface area contributed by atoms with Crippen molar-refractivity contribution < 1.29 is 40.5 Å². The molecule has 0 unspecified atom stereocenters. The van der Waals surface area contributed by atoms with Crippen molar-refractivity contribution in [3.63, 3.8) is 0 Å².